The molecule has 21 heavy (non-hydrogen) atoms. The molecule has 2 aromatic rings. The van der Waals surface area contributed by atoms with E-state index in [0.717, 1.165) is 5.69 Å². The Bertz CT molecular complexity index is 713. The quantitative estimate of drug-likeness (QED) is 0.854. The summed E-state index contributed by atoms with van der Waals surface area (Å²) in [5.41, 5.74) is 2.44. The van der Waals surface area contributed by atoms with Gasteiger partial charge in [-0.05, 0) is 13.8 Å². The summed E-state index contributed by atoms with van der Waals surface area (Å²) in [7, 11) is 4.97. The zero-order valence-corrected chi connectivity index (χ0v) is 12.7. The first-order chi connectivity index (χ1) is 9.85. The molecule has 2 N–H and O–H groups in total. The highest BCUT2D eigenvalue weighted by Gasteiger charge is 2.21. The van der Waals surface area contributed by atoms with Crippen LogP contribution in [0.1, 0.15) is 32.2 Å². The maximum absolute atomic E-state index is 12.4. The third kappa shape index (κ3) is 2.64. The van der Waals surface area contributed by atoms with Crippen molar-refractivity contribution in [2.45, 2.75) is 13.8 Å². The molecule has 0 unspecified atom stereocenters. The number of aromatic nitrogens is 4. The van der Waals surface area contributed by atoms with E-state index in [1.807, 2.05) is 6.92 Å². The van der Waals surface area contributed by atoms with Crippen LogP contribution in [0.2, 0.25) is 0 Å². The van der Waals surface area contributed by atoms with Crippen molar-refractivity contribution in [3.63, 3.8) is 0 Å². The van der Waals surface area contributed by atoms with Gasteiger partial charge in [-0.1, -0.05) is 0 Å². The van der Waals surface area contributed by atoms with Crippen LogP contribution in [-0.4, -0.2) is 38.4 Å². The smallest absolute Gasteiger partial charge is 0.273 e. The summed E-state index contributed by atoms with van der Waals surface area (Å²) in [5, 5.41) is 13.5. The lowest BCUT2D eigenvalue weighted by atomic mass is 10.2. The zero-order chi connectivity index (χ0) is 15.7. The highest BCUT2D eigenvalue weighted by molar-refractivity contribution is 6.09. The van der Waals surface area contributed by atoms with Crippen LogP contribution in [0.4, 0.5) is 5.69 Å². The van der Waals surface area contributed by atoms with Crippen molar-refractivity contribution in [2.24, 2.45) is 14.1 Å². The molecule has 112 valence electrons. The lowest BCUT2D eigenvalue weighted by Crippen LogP contribution is -2.22. The van der Waals surface area contributed by atoms with Crippen molar-refractivity contribution in [3.8, 4) is 0 Å². The van der Waals surface area contributed by atoms with Gasteiger partial charge in [-0.2, -0.15) is 10.2 Å². The summed E-state index contributed by atoms with van der Waals surface area (Å²) in [4.78, 5) is 24.2. The number of nitrogens with zero attached hydrogens (tertiary/aromatic N) is 4. The normalized spacial score (nSPS) is 10.5. The fraction of sp³-hybridized carbons (Fsp3) is 0.385. The van der Waals surface area contributed by atoms with Gasteiger partial charge >= 0.3 is 0 Å². The lowest BCUT2D eigenvalue weighted by Gasteiger charge is -2.05. The highest BCUT2D eigenvalue weighted by atomic mass is 16.2. The van der Waals surface area contributed by atoms with Gasteiger partial charge in [0.1, 0.15) is 0 Å². The van der Waals surface area contributed by atoms with Crippen LogP contribution in [0.25, 0.3) is 0 Å². The predicted octanol–water partition coefficient (Wildman–Crippen LogP) is 0.382. The second-order valence-corrected chi connectivity index (χ2v) is 4.77. The Labute approximate surface area is 122 Å². The summed E-state index contributed by atoms with van der Waals surface area (Å²) in [6.45, 7) is 3.59. The molecule has 0 aliphatic carbocycles. The fourth-order valence-electron chi connectivity index (χ4n) is 2.15. The fourth-order valence-corrected chi connectivity index (χ4v) is 2.15. The Morgan fingerprint density at radius 3 is 2.33 bits per heavy atom. The van der Waals surface area contributed by atoms with E-state index in [4.69, 9.17) is 0 Å². The number of rotatable bonds is 3. The minimum absolute atomic E-state index is 0.174. The predicted molar refractivity (Wildman–Crippen MR) is 77.2 cm³/mol. The van der Waals surface area contributed by atoms with Gasteiger partial charge in [-0.25, -0.2) is 0 Å². The Morgan fingerprint density at radius 1 is 1.14 bits per heavy atom. The molecule has 2 amide bonds. The van der Waals surface area contributed by atoms with Gasteiger partial charge in [-0.3, -0.25) is 19.0 Å². The molecule has 2 heterocycles. The topological polar surface area (TPSA) is 93.8 Å². The van der Waals surface area contributed by atoms with E-state index in [2.05, 4.69) is 20.8 Å². The van der Waals surface area contributed by atoms with Gasteiger partial charge in [0.15, 0.2) is 5.69 Å². The van der Waals surface area contributed by atoms with Crippen LogP contribution in [0.15, 0.2) is 6.20 Å². The van der Waals surface area contributed by atoms with Crippen LogP contribution in [0, 0.1) is 13.8 Å². The number of hydrogen-bond donors (Lipinski definition) is 2. The van der Waals surface area contributed by atoms with Gasteiger partial charge in [0, 0.05) is 33.0 Å². The summed E-state index contributed by atoms with van der Waals surface area (Å²) >= 11 is 0. The van der Waals surface area contributed by atoms with Gasteiger partial charge in [-0.15, -0.1) is 0 Å². The van der Waals surface area contributed by atoms with Crippen molar-refractivity contribution in [1.29, 1.82) is 0 Å². The number of nitrogens with one attached hydrogen (secondary N) is 2. The monoisotopic (exact) mass is 290 g/mol. The molecule has 2 aromatic heterocycles. The SMILES string of the molecule is CNC(=O)c1nn(C)cc1NC(=O)c1c(C)nn(C)c1C. The van der Waals surface area contributed by atoms with E-state index < -0.39 is 0 Å². The second-order valence-electron chi connectivity index (χ2n) is 4.77. The molecule has 0 saturated heterocycles. The van der Waals surface area contributed by atoms with Crippen LogP contribution >= 0.6 is 0 Å². The van der Waals surface area contributed by atoms with Crippen LogP contribution in [-0.2, 0) is 14.1 Å². The zero-order valence-electron chi connectivity index (χ0n) is 12.7. The standard InChI is InChI=1S/C13H18N6O2/c1-7-10(8(2)19(5)16-7)12(20)15-9-6-18(4)17-11(9)13(21)14-3/h6H,1-5H3,(H,14,21)(H,15,20). The second kappa shape index (κ2) is 5.39. The van der Waals surface area contributed by atoms with E-state index >= 15 is 0 Å². The van der Waals surface area contributed by atoms with Crippen LogP contribution < -0.4 is 10.6 Å². The first kappa shape index (κ1) is 14.8. The average molecular weight is 290 g/mol. The van der Waals surface area contributed by atoms with Gasteiger partial charge in [0.2, 0.25) is 0 Å². The minimum atomic E-state index is -0.356. The summed E-state index contributed by atoms with van der Waals surface area (Å²) in [6.07, 6.45) is 1.59. The highest BCUT2D eigenvalue weighted by Crippen LogP contribution is 2.17. The van der Waals surface area contributed by atoms with E-state index in [-0.39, 0.29) is 17.5 Å². The minimum Gasteiger partial charge on any atom is -0.354 e. The molecular weight excluding hydrogens is 272 g/mol. The number of carbonyl (C=O) groups excluding carboxylic acids is 2. The summed E-state index contributed by atoms with van der Waals surface area (Å²) < 4.78 is 3.12. The average Bonchev–Trinajstić information content (AvgIpc) is 2.89. The molecule has 8 nitrogen and oxygen atoms in total. The molecule has 0 aliphatic heterocycles. The number of hydrogen-bond acceptors (Lipinski definition) is 4. The molecule has 0 aliphatic rings. The molecule has 0 spiro atoms. The van der Waals surface area contributed by atoms with Crippen LogP contribution in [0.5, 0.6) is 0 Å². The van der Waals surface area contributed by atoms with E-state index in [0.29, 0.717) is 16.9 Å². The largest absolute Gasteiger partial charge is 0.354 e. The van der Waals surface area contributed by atoms with Crippen molar-refractivity contribution < 1.29 is 9.59 Å². The molecule has 0 aromatic carbocycles. The Balaban J connectivity index is 2.34. The van der Waals surface area contributed by atoms with Crippen molar-refractivity contribution in [1.82, 2.24) is 24.9 Å². The Hall–Kier alpha value is -2.64. The van der Waals surface area contributed by atoms with Gasteiger partial charge in [0.25, 0.3) is 11.8 Å². The Kier molecular flexibility index (Phi) is 3.79. The van der Waals surface area contributed by atoms with Gasteiger partial charge in [0.05, 0.1) is 16.9 Å². The first-order valence-corrected chi connectivity index (χ1v) is 6.42. The number of carbonyl (C=O) groups is 2. The maximum Gasteiger partial charge on any atom is 0.273 e. The van der Waals surface area contributed by atoms with E-state index in [1.165, 1.54) is 11.7 Å². The number of anilines is 1. The molecule has 0 bridgehead atoms. The third-order valence-electron chi connectivity index (χ3n) is 3.26. The van der Waals surface area contributed by atoms with Crippen molar-refractivity contribution >= 4 is 17.5 Å². The molecule has 0 saturated carbocycles. The summed E-state index contributed by atoms with van der Waals surface area (Å²) in [5.74, 6) is -0.665. The molecular formula is C13H18N6O2. The maximum atomic E-state index is 12.4. The number of amides is 2. The van der Waals surface area contributed by atoms with E-state index in [1.54, 1.807) is 31.9 Å². The molecule has 2 rings (SSSR count). The van der Waals surface area contributed by atoms with Crippen molar-refractivity contribution in [2.75, 3.05) is 12.4 Å². The molecule has 0 fully saturated rings. The Morgan fingerprint density at radius 2 is 1.81 bits per heavy atom. The molecule has 0 radical (unpaired) electrons. The lowest BCUT2D eigenvalue weighted by molar-refractivity contribution is 0.0958. The number of aryl methyl sites for hydroxylation is 3. The first-order valence-electron chi connectivity index (χ1n) is 6.42. The van der Waals surface area contributed by atoms with Crippen molar-refractivity contribution in [3.05, 3.63) is 28.8 Å². The molecule has 0 atom stereocenters. The third-order valence-corrected chi connectivity index (χ3v) is 3.26. The van der Waals surface area contributed by atoms with Crippen LogP contribution in [0.3, 0.4) is 0 Å². The molecule has 8 heteroatoms. The van der Waals surface area contributed by atoms with E-state index in [9.17, 15) is 9.59 Å². The van der Waals surface area contributed by atoms with Gasteiger partial charge < -0.3 is 10.6 Å². The summed E-state index contributed by atoms with van der Waals surface area (Å²) in [6, 6.07) is 0.